The molecule has 1 aliphatic rings. The molecular weight excluding hydrogens is 402 g/mol. The van der Waals surface area contributed by atoms with E-state index in [4.69, 9.17) is 4.74 Å². The lowest BCUT2D eigenvalue weighted by Crippen LogP contribution is -2.31. The predicted molar refractivity (Wildman–Crippen MR) is 134 cm³/mol. The molecule has 2 nitrogen and oxygen atoms in total. The molecule has 164 valence electrons. The molecule has 2 unspecified atom stereocenters. The van der Waals surface area contributed by atoms with Crippen LogP contribution in [0.5, 0.6) is 0 Å². The van der Waals surface area contributed by atoms with E-state index in [0.717, 1.165) is 19.4 Å². The van der Waals surface area contributed by atoms with Crippen LogP contribution in [0.1, 0.15) is 36.1 Å². The summed E-state index contributed by atoms with van der Waals surface area (Å²) in [6.45, 7) is 3.26. The lowest BCUT2D eigenvalue weighted by Gasteiger charge is -2.34. The van der Waals surface area contributed by atoms with E-state index in [1.54, 1.807) is 0 Å². The topological polar surface area (TPSA) is 12.5 Å². The number of benzene rings is 3. The lowest BCUT2D eigenvalue weighted by molar-refractivity contribution is 0.0299. The molecule has 0 amide bonds. The molecule has 0 fully saturated rings. The van der Waals surface area contributed by atoms with E-state index in [9.17, 15) is 0 Å². The third-order valence-corrected chi connectivity index (χ3v) is 6.43. The zero-order valence-electron chi connectivity index (χ0n) is 19.1. The number of fused-ring (bicyclic) bond motifs is 1. The van der Waals surface area contributed by atoms with Crippen LogP contribution in [0.2, 0.25) is 0 Å². The summed E-state index contributed by atoms with van der Waals surface area (Å²) in [4.78, 5) is 2.27. The van der Waals surface area contributed by atoms with Crippen molar-refractivity contribution in [2.75, 3.05) is 27.7 Å². The van der Waals surface area contributed by atoms with Crippen molar-refractivity contribution in [3.8, 4) is 22.3 Å². The maximum Gasteiger partial charge on any atom is 0.0864 e. The van der Waals surface area contributed by atoms with Gasteiger partial charge in [0.15, 0.2) is 0 Å². The van der Waals surface area contributed by atoms with Crippen molar-refractivity contribution < 1.29 is 4.74 Å². The highest BCUT2D eigenvalue weighted by atomic mass is 35.5. The molecule has 31 heavy (non-hydrogen) atoms. The van der Waals surface area contributed by atoms with E-state index in [-0.39, 0.29) is 18.5 Å². The Morgan fingerprint density at radius 3 is 1.94 bits per heavy atom. The van der Waals surface area contributed by atoms with Crippen molar-refractivity contribution in [2.24, 2.45) is 5.92 Å². The summed E-state index contributed by atoms with van der Waals surface area (Å²) >= 11 is 0. The van der Waals surface area contributed by atoms with Gasteiger partial charge in [-0.3, -0.25) is 0 Å². The highest BCUT2D eigenvalue weighted by molar-refractivity contribution is 5.85. The monoisotopic (exact) mass is 435 g/mol. The average Bonchev–Trinajstić information content (AvgIpc) is 2.78. The molecule has 0 saturated carbocycles. The summed E-state index contributed by atoms with van der Waals surface area (Å²) in [5.74, 6) is 0.557. The summed E-state index contributed by atoms with van der Waals surface area (Å²) < 4.78 is 5.93. The second-order valence-corrected chi connectivity index (χ2v) is 8.76. The molecule has 0 aliphatic heterocycles. The molecular formula is C28H34ClNO. The van der Waals surface area contributed by atoms with E-state index in [1.165, 1.54) is 45.4 Å². The Hall–Kier alpha value is -2.13. The molecule has 4 rings (SSSR count). The zero-order valence-corrected chi connectivity index (χ0v) is 19.9. The number of halogens is 1. The highest BCUT2D eigenvalue weighted by Crippen LogP contribution is 2.39. The third kappa shape index (κ3) is 5.20. The van der Waals surface area contributed by atoms with E-state index < -0.39 is 0 Å². The quantitative estimate of drug-likeness (QED) is 0.421. The van der Waals surface area contributed by atoms with Crippen LogP contribution < -0.4 is 0 Å². The van der Waals surface area contributed by atoms with Gasteiger partial charge < -0.3 is 9.64 Å². The third-order valence-electron chi connectivity index (χ3n) is 6.43. The Morgan fingerprint density at radius 2 is 1.39 bits per heavy atom. The molecule has 0 bridgehead atoms. The minimum absolute atomic E-state index is 0. The van der Waals surface area contributed by atoms with Gasteiger partial charge in [-0.15, -0.1) is 12.4 Å². The van der Waals surface area contributed by atoms with Gasteiger partial charge in [0.05, 0.1) is 6.10 Å². The highest BCUT2D eigenvalue weighted by Gasteiger charge is 2.30. The number of rotatable bonds is 6. The van der Waals surface area contributed by atoms with Gasteiger partial charge in [0.1, 0.15) is 0 Å². The van der Waals surface area contributed by atoms with Gasteiger partial charge in [0.25, 0.3) is 0 Å². The fraction of sp³-hybridized carbons (Fsp3) is 0.357. The summed E-state index contributed by atoms with van der Waals surface area (Å²) in [6.07, 6.45) is 3.58. The fourth-order valence-electron chi connectivity index (χ4n) is 4.79. The predicted octanol–water partition coefficient (Wildman–Crippen LogP) is 6.82. The van der Waals surface area contributed by atoms with Crippen molar-refractivity contribution in [1.82, 2.24) is 4.90 Å². The summed E-state index contributed by atoms with van der Waals surface area (Å²) in [5, 5.41) is 0. The lowest BCUT2D eigenvalue weighted by atomic mass is 9.80. The molecule has 3 aromatic rings. The van der Waals surface area contributed by atoms with Crippen LogP contribution >= 0.6 is 12.4 Å². The van der Waals surface area contributed by atoms with Crippen LogP contribution in [-0.4, -0.2) is 32.6 Å². The number of ether oxygens (including phenoxy) is 1. The molecule has 0 spiro atoms. The first kappa shape index (κ1) is 23.5. The molecule has 0 saturated heterocycles. The standard InChI is InChI=1S/C28H33NO.ClH/c1-5-20-6-8-21(9-7-20)22-10-12-23(13-11-22)24-16-17-27-25(18-24)14-15-26(19-29(2)3)28(27)30-4;/h6-13,16-18,26,28H,5,14-15,19H2,1-4H3;1H. The molecule has 0 aromatic heterocycles. The van der Waals surface area contributed by atoms with Crippen LogP contribution in [-0.2, 0) is 17.6 Å². The van der Waals surface area contributed by atoms with Crippen LogP contribution in [0.25, 0.3) is 22.3 Å². The number of hydrogen-bond acceptors (Lipinski definition) is 2. The number of hydrogen-bond donors (Lipinski definition) is 0. The molecule has 2 atom stereocenters. The van der Waals surface area contributed by atoms with Crippen LogP contribution in [0, 0.1) is 5.92 Å². The van der Waals surface area contributed by atoms with Crippen molar-refractivity contribution >= 4 is 12.4 Å². The largest absolute Gasteiger partial charge is 0.376 e. The minimum atomic E-state index is 0. The van der Waals surface area contributed by atoms with E-state index in [1.807, 2.05) is 7.11 Å². The number of methoxy groups -OCH3 is 1. The number of aryl methyl sites for hydroxylation is 2. The van der Waals surface area contributed by atoms with E-state index in [0.29, 0.717) is 5.92 Å². The normalized spacial score (nSPS) is 17.8. The summed E-state index contributed by atoms with van der Waals surface area (Å²) in [5.41, 5.74) is 9.30. The SMILES string of the molecule is CCc1ccc(-c2ccc(-c3ccc4c(c3)CCC(CN(C)C)C4OC)cc2)cc1.Cl. The van der Waals surface area contributed by atoms with Gasteiger partial charge in [-0.05, 0) is 72.3 Å². The Kier molecular flexibility index (Phi) is 7.94. The van der Waals surface area contributed by atoms with Gasteiger partial charge in [0.2, 0.25) is 0 Å². The van der Waals surface area contributed by atoms with Crippen molar-refractivity contribution in [3.63, 3.8) is 0 Å². The summed E-state index contributed by atoms with van der Waals surface area (Å²) in [6, 6.07) is 24.8. The van der Waals surface area contributed by atoms with Crippen LogP contribution in [0.15, 0.2) is 66.7 Å². The van der Waals surface area contributed by atoms with Gasteiger partial charge >= 0.3 is 0 Å². The molecule has 0 radical (unpaired) electrons. The first-order valence-corrected chi connectivity index (χ1v) is 11.1. The summed E-state index contributed by atoms with van der Waals surface area (Å²) in [7, 11) is 6.14. The van der Waals surface area contributed by atoms with Crippen LogP contribution in [0.4, 0.5) is 0 Å². The molecule has 0 heterocycles. The molecule has 3 aromatic carbocycles. The Bertz CT molecular complexity index is 979. The van der Waals surface area contributed by atoms with E-state index >= 15 is 0 Å². The zero-order chi connectivity index (χ0) is 21.1. The smallest absolute Gasteiger partial charge is 0.0864 e. The maximum absolute atomic E-state index is 5.93. The second kappa shape index (κ2) is 10.5. The Morgan fingerprint density at radius 1 is 0.839 bits per heavy atom. The molecule has 0 N–H and O–H groups in total. The first-order valence-electron chi connectivity index (χ1n) is 11.1. The van der Waals surface area contributed by atoms with Gasteiger partial charge in [-0.1, -0.05) is 73.7 Å². The maximum atomic E-state index is 5.93. The molecule has 3 heteroatoms. The second-order valence-electron chi connectivity index (χ2n) is 8.76. The van der Waals surface area contributed by atoms with Gasteiger partial charge in [-0.25, -0.2) is 0 Å². The first-order chi connectivity index (χ1) is 14.6. The van der Waals surface area contributed by atoms with Gasteiger partial charge in [0, 0.05) is 19.6 Å². The van der Waals surface area contributed by atoms with E-state index in [2.05, 4.69) is 92.6 Å². The van der Waals surface area contributed by atoms with Crippen molar-refractivity contribution in [3.05, 3.63) is 83.4 Å². The van der Waals surface area contributed by atoms with Crippen molar-refractivity contribution in [2.45, 2.75) is 32.3 Å². The van der Waals surface area contributed by atoms with Crippen LogP contribution in [0.3, 0.4) is 0 Å². The van der Waals surface area contributed by atoms with Gasteiger partial charge in [-0.2, -0.15) is 0 Å². The molecule has 1 aliphatic carbocycles. The average molecular weight is 436 g/mol. The van der Waals surface area contributed by atoms with Crippen molar-refractivity contribution in [1.29, 1.82) is 0 Å². The Balaban J connectivity index is 0.00000272. The Labute approximate surface area is 193 Å². The fourth-order valence-corrected chi connectivity index (χ4v) is 4.79. The minimum Gasteiger partial charge on any atom is -0.376 e. The number of nitrogens with zero attached hydrogens (tertiary/aromatic N) is 1.